The van der Waals surface area contributed by atoms with E-state index in [9.17, 15) is 13.2 Å². The quantitative estimate of drug-likeness (QED) is 0.284. The predicted molar refractivity (Wildman–Crippen MR) is 127 cm³/mol. The second-order valence-electron chi connectivity index (χ2n) is 6.99. The fourth-order valence-electron chi connectivity index (χ4n) is 3.30. The smallest absolute Gasteiger partial charge is 0.422 e. The van der Waals surface area contributed by atoms with E-state index in [4.69, 9.17) is 0 Å². The minimum atomic E-state index is -4.38. The van der Waals surface area contributed by atoms with Crippen molar-refractivity contribution in [3.05, 3.63) is 46.3 Å². The predicted octanol–water partition coefficient (Wildman–Crippen LogP) is 4.20. The van der Waals surface area contributed by atoms with E-state index < -0.39 is 12.8 Å². The summed E-state index contributed by atoms with van der Waals surface area (Å²) in [6.45, 7) is 2.04. The number of thiophene rings is 1. The number of aliphatic imine (C=N–C) groups is 1. The minimum absolute atomic E-state index is 0. The van der Waals surface area contributed by atoms with Crippen LogP contribution in [0.4, 0.5) is 13.2 Å². The zero-order chi connectivity index (χ0) is 21.4. The van der Waals surface area contributed by atoms with E-state index in [1.807, 2.05) is 0 Å². The van der Waals surface area contributed by atoms with E-state index in [-0.39, 0.29) is 29.9 Å². The van der Waals surface area contributed by atoms with Crippen LogP contribution in [-0.4, -0.2) is 55.3 Å². The van der Waals surface area contributed by atoms with E-state index >= 15 is 0 Å². The Morgan fingerprint density at radius 3 is 2.61 bits per heavy atom. The summed E-state index contributed by atoms with van der Waals surface area (Å²) in [5, 5.41) is 8.70. The number of rotatable bonds is 8. The third-order valence-electron chi connectivity index (χ3n) is 4.78. The molecule has 2 aromatic heterocycles. The molecule has 6 nitrogen and oxygen atoms in total. The Hall–Kier alpha value is -1.60. The van der Waals surface area contributed by atoms with Crippen molar-refractivity contribution in [3.63, 3.8) is 0 Å². The molecule has 0 aliphatic carbocycles. The number of nitrogens with zero attached hydrogens (tertiary/aromatic N) is 3. The van der Waals surface area contributed by atoms with Crippen LogP contribution in [0.3, 0.4) is 0 Å². The molecule has 0 saturated carbocycles. The molecule has 0 amide bonds. The topological polar surface area (TPSA) is 61.8 Å². The molecule has 0 bridgehead atoms. The van der Waals surface area contributed by atoms with Crippen molar-refractivity contribution in [1.29, 1.82) is 0 Å². The van der Waals surface area contributed by atoms with Gasteiger partial charge in [0.1, 0.15) is 0 Å². The Morgan fingerprint density at radius 2 is 2.03 bits per heavy atom. The van der Waals surface area contributed by atoms with E-state index in [0.717, 1.165) is 25.2 Å². The van der Waals surface area contributed by atoms with Crippen LogP contribution in [0.15, 0.2) is 40.8 Å². The van der Waals surface area contributed by atoms with Gasteiger partial charge in [-0.05, 0) is 42.9 Å². The molecule has 1 aliphatic heterocycles. The Labute approximate surface area is 201 Å². The molecule has 0 spiro atoms. The summed E-state index contributed by atoms with van der Waals surface area (Å²) in [6.07, 6.45) is -0.435. The zero-order valence-corrected chi connectivity index (χ0v) is 20.3. The lowest BCUT2D eigenvalue weighted by Gasteiger charge is -2.27. The molecule has 2 N–H and O–H groups in total. The Bertz CT molecular complexity index is 796. The van der Waals surface area contributed by atoms with Crippen LogP contribution in [0.2, 0.25) is 0 Å². The maximum Gasteiger partial charge on any atom is 0.422 e. The van der Waals surface area contributed by atoms with Gasteiger partial charge in [-0.25, -0.2) is 4.98 Å². The summed E-state index contributed by atoms with van der Waals surface area (Å²) in [7, 11) is 1.71. The summed E-state index contributed by atoms with van der Waals surface area (Å²) in [5.74, 6) is 0.608. The highest BCUT2D eigenvalue weighted by Gasteiger charge is 2.28. The molecule has 1 aliphatic rings. The van der Waals surface area contributed by atoms with Crippen molar-refractivity contribution < 1.29 is 17.9 Å². The molecular weight excluding hydrogens is 542 g/mol. The minimum Gasteiger partial charge on any atom is -0.468 e. The van der Waals surface area contributed by atoms with Crippen LogP contribution < -0.4 is 15.4 Å². The third kappa shape index (κ3) is 8.45. The first-order valence-electron chi connectivity index (χ1n) is 9.81. The first-order chi connectivity index (χ1) is 14.4. The number of likely N-dealkylation sites (tertiary alicyclic amines) is 1. The zero-order valence-electron chi connectivity index (χ0n) is 17.2. The number of hydrogen-bond donors (Lipinski definition) is 2. The fourth-order valence-corrected chi connectivity index (χ4v) is 4.16. The molecule has 11 heteroatoms. The number of hydrogen-bond acceptors (Lipinski definition) is 5. The molecule has 0 aromatic carbocycles. The molecule has 1 fully saturated rings. The van der Waals surface area contributed by atoms with Crippen LogP contribution >= 0.6 is 35.3 Å². The summed E-state index contributed by atoms with van der Waals surface area (Å²) in [4.78, 5) is 12.0. The van der Waals surface area contributed by atoms with Gasteiger partial charge in [-0.3, -0.25) is 9.89 Å². The lowest BCUT2D eigenvalue weighted by Crippen LogP contribution is -2.42. The van der Waals surface area contributed by atoms with E-state index in [2.05, 4.69) is 47.8 Å². The van der Waals surface area contributed by atoms with Crippen LogP contribution in [0.25, 0.3) is 0 Å². The van der Waals surface area contributed by atoms with E-state index in [1.54, 1.807) is 24.5 Å². The van der Waals surface area contributed by atoms with Gasteiger partial charge < -0.3 is 15.4 Å². The second kappa shape index (κ2) is 12.4. The van der Waals surface area contributed by atoms with Crippen molar-refractivity contribution in [2.45, 2.75) is 31.6 Å². The van der Waals surface area contributed by atoms with Crippen LogP contribution in [-0.2, 0) is 6.54 Å². The third-order valence-corrected chi connectivity index (χ3v) is 5.75. The second-order valence-corrected chi connectivity index (χ2v) is 7.97. The standard InChI is InChI=1S/C20H26F3N5OS.HI/c1-24-19(26-12-15-6-7-18(25-11-15)29-14-20(21,22)23)27-13-16(17-5-4-10-30-17)28-8-2-3-9-28;/h4-7,10-11,16H,2-3,8-9,12-14H2,1H3,(H2,24,26,27);1H. The summed E-state index contributed by atoms with van der Waals surface area (Å²) in [5.41, 5.74) is 0.812. The van der Waals surface area contributed by atoms with Gasteiger partial charge in [0.25, 0.3) is 0 Å². The molecule has 172 valence electrons. The lowest BCUT2D eigenvalue weighted by atomic mass is 10.2. The Kier molecular flexibility index (Phi) is 10.3. The van der Waals surface area contributed by atoms with E-state index in [1.165, 1.54) is 30.0 Å². The Balaban J connectivity index is 0.00000341. The van der Waals surface area contributed by atoms with Gasteiger partial charge in [0.15, 0.2) is 12.6 Å². The normalized spacial score (nSPS) is 15.9. The summed E-state index contributed by atoms with van der Waals surface area (Å²) in [6, 6.07) is 7.65. The molecule has 31 heavy (non-hydrogen) atoms. The van der Waals surface area contributed by atoms with Gasteiger partial charge in [-0.2, -0.15) is 13.2 Å². The Morgan fingerprint density at radius 1 is 1.26 bits per heavy atom. The monoisotopic (exact) mass is 569 g/mol. The first-order valence-corrected chi connectivity index (χ1v) is 10.7. The summed E-state index contributed by atoms with van der Waals surface area (Å²) < 4.78 is 41.2. The number of guanidine groups is 1. The lowest BCUT2D eigenvalue weighted by molar-refractivity contribution is -0.154. The molecule has 0 radical (unpaired) electrons. The van der Waals surface area contributed by atoms with Gasteiger partial charge >= 0.3 is 6.18 Å². The molecule has 3 rings (SSSR count). The highest BCUT2D eigenvalue weighted by atomic mass is 127. The first kappa shape index (κ1) is 25.7. The molecule has 1 unspecified atom stereocenters. The number of alkyl halides is 3. The van der Waals surface area contributed by atoms with Crippen molar-refractivity contribution in [3.8, 4) is 5.88 Å². The van der Waals surface area contributed by atoms with Crippen LogP contribution in [0.1, 0.15) is 29.3 Å². The number of aromatic nitrogens is 1. The van der Waals surface area contributed by atoms with Crippen molar-refractivity contribution >= 4 is 41.3 Å². The van der Waals surface area contributed by atoms with E-state index in [0.29, 0.717) is 18.5 Å². The maximum atomic E-state index is 12.2. The van der Waals surface area contributed by atoms with Gasteiger partial charge in [0.05, 0.1) is 6.04 Å². The number of ether oxygens (including phenoxy) is 1. The van der Waals surface area contributed by atoms with Crippen LogP contribution in [0.5, 0.6) is 5.88 Å². The molecule has 1 saturated heterocycles. The average molecular weight is 569 g/mol. The largest absolute Gasteiger partial charge is 0.468 e. The van der Waals surface area contributed by atoms with Gasteiger partial charge in [-0.1, -0.05) is 12.1 Å². The molecule has 1 atom stereocenters. The average Bonchev–Trinajstić information content (AvgIpc) is 3.44. The number of pyridine rings is 1. The molecule has 3 heterocycles. The summed E-state index contributed by atoms with van der Waals surface area (Å²) >= 11 is 1.76. The number of halogens is 4. The van der Waals surface area contributed by atoms with Gasteiger partial charge in [0.2, 0.25) is 5.88 Å². The number of nitrogens with one attached hydrogen (secondary N) is 2. The van der Waals surface area contributed by atoms with Gasteiger partial charge in [0, 0.05) is 37.3 Å². The highest BCUT2D eigenvalue weighted by Crippen LogP contribution is 2.27. The van der Waals surface area contributed by atoms with Gasteiger partial charge in [-0.15, -0.1) is 35.3 Å². The molecular formula is C20H27F3IN5OS. The van der Waals surface area contributed by atoms with Crippen molar-refractivity contribution in [2.75, 3.05) is 33.3 Å². The SMILES string of the molecule is CN=C(NCc1ccc(OCC(F)(F)F)nc1)NCC(c1cccs1)N1CCCC1.I. The molecule has 2 aromatic rings. The van der Waals surface area contributed by atoms with Crippen molar-refractivity contribution in [1.82, 2.24) is 20.5 Å². The fraction of sp³-hybridized carbons (Fsp3) is 0.500. The van der Waals surface area contributed by atoms with Crippen molar-refractivity contribution in [2.24, 2.45) is 4.99 Å². The highest BCUT2D eigenvalue weighted by molar-refractivity contribution is 14.0. The van der Waals surface area contributed by atoms with Crippen LogP contribution in [0, 0.1) is 0 Å². The maximum absolute atomic E-state index is 12.2.